The molecule has 1 aromatic heterocycles. The molecule has 0 saturated carbocycles. The molecule has 0 aliphatic heterocycles. The van der Waals surface area contributed by atoms with Crippen molar-refractivity contribution in [1.82, 2.24) is 15.1 Å². The Bertz CT molecular complexity index is 785. The number of aryl methyl sites for hydroxylation is 1. The first-order valence-electron chi connectivity index (χ1n) is 7.31. The highest BCUT2D eigenvalue weighted by molar-refractivity contribution is 9.10. The Labute approximate surface area is 141 Å². The first-order valence-corrected chi connectivity index (χ1v) is 8.10. The van der Waals surface area contributed by atoms with E-state index in [1.807, 2.05) is 11.7 Å². The fourth-order valence-corrected chi connectivity index (χ4v) is 3.44. The predicted molar refractivity (Wildman–Crippen MR) is 87.5 cm³/mol. The van der Waals surface area contributed by atoms with Crippen LogP contribution in [-0.2, 0) is 13.5 Å². The summed E-state index contributed by atoms with van der Waals surface area (Å²) in [5.41, 5.74) is 2.59. The van der Waals surface area contributed by atoms with Gasteiger partial charge >= 0.3 is 5.97 Å². The van der Waals surface area contributed by atoms with Gasteiger partial charge in [0.15, 0.2) is 0 Å². The van der Waals surface area contributed by atoms with Gasteiger partial charge < -0.3 is 10.4 Å². The van der Waals surface area contributed by atoms with Gasteiger partial charge in [-0.25, -0.2) is 4.79 Å². The maximum absolute atomic E-state index is 12.5. The highest BCUT2D eigenvalue weighted by atomic mass is 79.9. The third-order valence-electron chi connectivity index (χ3n) is 4.09. The Hall–Kier alpha value is -2.15. The van der Waals surface area contributed by atoms with Crippen LogP contribution in [0.2, 0.25) is 0 Å². The number of nitrogens with zero attached hydrogens (tertiary/aromatic N) is 2. The molecule has 1 unspecified atom stereocenters. The standard InChI is InChI=1S/C16H16BrN3O3/c1-20-14-4-2-3-13(12(14)8-18-20)19-15(21)9-5-10(16(22)23)7-11(17)6-9/h5-8,13H,2-4H2,1H3,(H,19,21)(H,22,23). The zero-order valence-electron chi connectivity index (χ0n) is 12.5. The summed E-state index contributed by atoms with van der Waals surface area (Å²) in [7, 11) is 1.90. The Morgan fingerprint density at radius 2 is 2.09 bits per heavy atom. The van der Waals surface area contributed by atoms with Crippen LogP contribution in [0.15, 0.2) is 28.9 Å². The van der Waals surface area contributed by atoms with E-state index in [1.54, 1.807) is 12.3 Å². The molecule has 6 nitrogen and oxygen atoms in total. The number of hydrogen-bond donors (Lipinski definition) is 2. The molecule has 1 atom stereocenters. The average molecular weight is 378 g/mol. The van der Waals surface area contributed by atoms with E-state index in [4.69, 9.17) is 5.11 Å². The molecule has 1 aliphatic rings. The van der Waals surface area contributed by atoms with Gasteiger partial charge in [0.2, 0.25) is 0 Å². The summed E-state index contributed by atoms with van der Waals surface area (Å²) in [5, 5.41) is 16.4. The van der Waals surface area contributed by atoms with Gasteiger partial charge in [-0.15, -0.1) is 0 Å². The lowest BCUT2D eigenvalue weighted by Crippen LogP contribution is -2.31. The van der Waals surface area contributed by atoms with Crippen LogP contribution in [-0.4, -0.2) is 26.8 Å². The Morgan fingerprint density at radius 3 is 2.83 bits per heavy atom. The van der Waals surface area contributed by atoms with E-state index < -0.39 is 5.97 Å². The van der Waals surface area contributed by atoms with Gasteiger partial charge in [0.05, 0.1) is 17.8 Å². The van der Waals surface area contributed by atoms with Crippen molar-refractivity contribution in [1.29, 1.82) is 0 Å². The number of halogens is 1. The number of nitrogens with one attached hydrogen (secondary N) is 1. The van der Waals surface area contributed by atoms with Crippen molar-refractivity contribution in [3.05, 3.63) is 51.3 Å². The second kappa shape index (κ2) is 6.16. The van der Waals surface area contributed by atoms with E-state index in [1.165, 1.54) is 12.1 Å². The third kappa shape index (κ3) is 3.14. The zero-order chi connectivity index (χ0) is 16.6. The van der Waals surface area contributed by atoms with Crippen molar-refractivity contribution in [2.75, 3.05) is 0 Å². The largest absolute Gasteiger partial charge is 0.478 e. The lowest BCUT2D eigenvalue weighted by Gasteiger charge is -2.24. The van der Waals surface area contributed by atoms with Gasteiger partial charge in [0.1, 0.15) is 0 Å². The van der Waals surface area contributed by atoms with Crippen LogP contribution in [0, 0.1) is 0 Å². The molecule has 120 valence electrons. The number of carbonyl (C=O) groups is 2. The quantitative estimate of drug-likeness (QED) is 0.860. The van der Waals surface area contributed by atoms with Gasteiger partial charge in [0.25, 0.3) is 5.91 Å². The van der Waals surface area contributed by atoms with Crippen LogP contribution < -0.4 is 5.32 Å². The van der Waals surface area contributed by atoms with Crippen LogP contribution in [0.25, 0.3) is 0 Å². The Kier molecular flexibility index (Phi) is 4.21. The minimum absolute atomic E-state index is 0.0789. The number of benzene rings is 1. The molecule has 23 heavy (non-hydrogen) atoms. The van der Waals surface area contributed by atoms with E-state index in [0.29, 0.717) is 10.0 Å². The molecule has 3 rings (SSSR count). The lowest BCUT2D eigenvalue weighted by atomic mass is 9.92. The number of aromatic nitrogens is 2. The molecular weight excluding hydrogens is 362 g/mol. The summed E-state index contributed by atoms with van der Waals surface area (Å²) >= 11 is 3.25. The molecule has 2 N–H and O–H groups in total. The topological polar surface area (TPSA) is 84.2 Å². The molecule has 0 spiro atoms. The first-order chi connectivity index (χ1) is 11.0. The zero-order valence-corrected chi connectivity index (χ0v) is 14.1. The summed E-state index contributed by atoms with van der Waals surface area (Å²) in [4.78, 5) is 23.6. The molecule has 2 aromatic rings. The second-order valence-electron chi connectivity index (χ2n) is 5.62. The molecule has 7 heteroatoms. The number of aromatic carboxylic acids is 1. The lowest BCUT2D eigenvalue weighted by molar-refractivity contribution is 0.0697. The van der Waals surface area contributed by atoms with Crippen molar-refractivity contribution in [3.63, 3.8) is 0 Å². The Balaban J connectivity index is 1.84. The van der Waals surface area contributed by atoms with Crippen molar-refractivity contribution < 1.29 is 14.7 Å². The number of carboxylic acid groups (broad SMARTS) is 1. The molecular formula is C16H16BrN3O3. The molecule has 0 radical (unpaired) electrons. The molecule has 1 amide bonds. The predicted octanol–water partition coefficient (Wildman–Crippen LogP) is 2.69. The van der Waals surface area contributed by atoms with Gasteiger partial charge in [-0.05, 0) is 37.5 Å². The summed E-state index contributed by atoms with van der Waals surface area (Å²) in [5.74, 6) is -1.34. The van der Waals surface area contributed by atoms with Gasteiger partial charge in [-0.1, -0.05) is 15.9 Å². The van der Waals surface area contributed by atoms with Gasteiger partial charge in [0, 0.05) is 28.3 Å². The number of rotatable bonds is 3. The molecule has 0 saturated heterocycles. The van der Waals surface area contributed by atoms with E-state index in [9.17, 15) is 9.59 Å². The highest BCUT2D eigenvalue weighted by Gasteiger charge is 2.25. The van der Waals surface area contributed by atoms with Crippen molar-refractivity contribution in [2.45, 2.75) is 25.3 Å². The molecule has 1 heterocycles. The summed E-state index contributed by atoms with van der Waals surface area (Å²) in [6.45, 7) is 0. The molecule has 0 bridgehead atoms. The first kappa shape index (κ1) is 15.7. The highest BCUT2D eigenvalue weighted by Crippen LogP contribution is 2.29. The minimum Gasteiger partial charge on any atom is -0.478 e. The number of carboxylic acids is 1. The minimum atomic E-state index is -1.06. The van der Waals surface area contributed by atoms with E-state index in [2.05, 4.69) is 26.3 Å². The maximum atomic E-state index is 12.5. The van der Waals surface area contributed by atoms with Crippen LogP contribution in [0.5, 0.6) is 0 Å². The fraction of sp³-hybridized carbons (Fsp3) is 0.312. The van der Waals surface area contributed by atoms with Crippen molar-refractivity contribution in [2.24, 2.45) is 7.05 Å². The smallest absolute Gasteiger partial charge is 0.335 e. The van der Waals surface area contributed by atoms with Crippen LogP contribution in [0.1, 0.15) is 50.9 Å². The van der Waals surface area contributed by atoms with Crippen LogP contribution in [0.3, 0.4) is 0 Å². The van der Waals surface area contributed by atoms with Crippen molar-refractivity contribution in [3.8, 4) is 0 Å². The van der Waals surface area contributed by atoms with Crippen LogP contribution >= 0.6 is 15.9 Å². The monoisotopic (exact) mass is 377 g/mol. The summed E-state index contributed by atoms with van der Waals surface area (Å²) in [6.07, 6.45) is 4.59. The van der Waals surface area contributed by atoms with E-state index in [-0.39, 0.29) is 17.5 Å². The fourth-order valence-electron chi connectivity index (χ4n) is 2.94. The SMILES string of the molecule is Cn1ncc2c1CCCC2NC(=O)c1cc(Br)cc(C(=O)O)c1. The van der Waals surface area contributed by atoms with E-state index in [0.717, 1.165) is 30.5 Å². The second-order valence-corrected chi connectivity index (χ2v) is 6.54. The van der Waals surface area contributed by atoms with Gasteiger partial charge in [-0.3, -0.25) is 9.48 Å². The number of fused-ring (bicyclic) bond motifs is 1. The summed E-state index contributed by atoms with van der Waals surface area (Å²) in [6, 6.07) is 4.38. The van der Waals surface area contributed by atoms with E-state index >= 15 is 0 Å². The maximum Gasteiger partial charge on any atom is 0.335 e. The number of carbonyl (C=O) groups excluding carboxylic acids is 1. The molecule has 1 aromatic carbocycles. The Morgan fingerprint density at radius 1 is 1.35 bits per heavy atom. The molecule has 1 aliphatic carbocycles. The molecule has 0 fully saturated rings. The average Bonchev–Trinajstić information content (AvgIpc) is 2.89. The van der Waals surface area contributed by atoms with Crippen LogP contribution in [0.4, 0.5) is 0 Å². The summed E-state index contributed by atoms with van der Waals surface area (Å²) < 4.78 is 2.41. The number of amides is 1. The third-order valence-corrected chi connectivity index (χ3v) is 4.55. The normalized spacial score (nSPS) is 16.7. The van der Waals surface area contributed by atoms with Crippen molar-refractivity contribution >= 4 is 27.8 Å². The van der Waals surface area contributed by atoms with Gasteiger partial charge in [-0.2, -0.15) is 5.10 Å². The number of hydrogen-bond acceptors (Lipinski definition) is 3.